The lowest BCUT2D eigenvalue weighted by Gasteiger charge is -2.27. The van der Waals surface area contributed by atoms with E-state index in [4.69, 9.17) is 16.6 Å². The second-order valence-electron chi connectivity index (χ2n) is 5.46. The fourth-order valence-electron chi connectivity index (χ4n) is 2.50. The molecule has 0 spiro atoms. The Labute approximate surface area is 154 Å². The summed E-state index contributed by atoms with van der Waals surface area (Å²) in [5.74, 6) is -1.26. The molecule has 7 heteroatoms. The van der Waals surface area contributed by atoms with Gasteiger partial charge in [-0.15, -0.1) is 6.58 Å². The molecule has 0 radical (unpaired) electrons. The molecule has 2 aromatic rings. The zero-order valence-corrected chi connectivity index (χ0v) is 14.4. The van der Waals surface area contributed by atoms with Gasteiger partial charge in [0.25, 0.3) is 11.8 Å². The molecule has 1 N–H and O–H groups in total. The lowest BCUT2D eigenvalue weighted by atomic mass is 10.0. The van der Waals surface area contributed by atoms with Gasteiger partial charge in [-0.1, -0.05) is 36.4 Å². The third-order valence-electron chi connectivity index (χ3n) is 3.77. The summed E-state index contributed by atoms with van der Waals surface area (Å²) >= 11 is 4.99. The molecule has 0 atom stereocenters. The summed E-state index contributed by atoms with van der Waals surface area (Å²) in [6.07, 6.45) is 5.24. The zero-order valence-electron chi connectivity index (χ0n) is 13.6. The van der Waals surface area contributed by atoms with Gasteiger partial charge in [-0.25, -0.2) is 0 Å². The van der Waals surface area contributed by atoms with Crippen LogP contribution in [-0.4, -0.2) is 28.4 Å². The Balaban J connectivity index is 2.06. The molecule has 3 rings (SSSR count). The Bertz CT molecular complexity index is 992. The average molecular weight is 366 g/mol. The van der Waals surface area contributed by atoms with Crippen LogP contribution in [0.15, 0.2) is 70.3 Å². The number of amides is 2. The molecule has 6 nitrogen and oxygen atoms in total. The van der Waals surface area contributed by atoms with Gasteiger partial charge in [-0.3, -0.25) is 24.6 Å². The summed E-state index contributed by atoms with van der Waals surface area (Å²) in [5, 5.41) is 2.43. The molecule has 1 aliphatic rings. The van der Waals surface area contributed by atoms with E-state index in [1.54, 1.807) is 24.3 Å². The van der Waals surface area contributed by atoms with Crippen molar-refractivity contribution in [1.29, 1.82) is 0 Å². The highest BCUT2D eigenvalue weighted by Gasteiger charge is 2.32. The van der Waals surface area contributed by atoms with Crippen LogP contribution in [0.25, 0.3) is 17.2 Å². The van der Waals surface area contributed by atoms with E-state index in [-0.39, 0.29) is 28.2 Å². The quantitative estimate of drug-likeness (QED) is 0.388. The fourth-order valence-corrected chi connectivity index (χ4v) is 2.75. The van der Waals surface area contributed by atoms with Crippen LogP contribution in [0, 0.1) is 0 Å². The zero-order chi connectivity index (χ0) is 18.7. The lowest BCUT2D eigenvalue weighted by Crippen LogP contribution is -2.53. The number of hydrogen-bond acceptors (Lipinski definition) is 5. The predicted molar refractivity (Wildman–Crippen MR) is 101 cm³/mol. The molecule has 2 heterocycles. The van der Waals surface area contributed by atoms with E-state index in [1.165, 1.54) is 29.6 Å². The predicted octanol–water partition coefficient (Wildman–Crippen LogP) is 2.12. The lowest BCUT2D eigenvalue weighted by molar-refractivity contribution is -0.128. The molecule has 2 amide bonds. The number of rotatable bonds is 4. The van der Waals surface area contributed by atoms with Gasteiger partial charge in [-0.05, 0) is 23.9 Å². The van der Waals surface area contributed by atoms with Crippen molar-refractivity contribution in [3.8, 4) is 11.1 Å². The first kappa shape index (κ1) is 17.5. The third-order valence-corrected chi connectivity index (χ3v) is 4.09. The standard InChI is InChI=1S/C19H14N2O4S/c1-2-8-21-18(24)14(17(23)20-19(21)26)9-13-10-25-11-15(16(13)22)12-6-4-3-5-7-12/h2-7,9-11H,1,8H2,(H,20,23,26). The Kier molecular flexibility index (Phi) is 4.90. The maximum atomic E-state index is 12.7. The monoisotopic (exact) mass is 366 g/mol. The first-order valence-corrected chi connectivity index (χ1v) is 8.09. The Hall–Kier alpha value is -3.32. The van der Waals surface area contributed by atoms with Crippen molar-refractivity contribution in [2.75, 3.05) is 6.54 Å². The van der Waals surface area contributed by atoms with E-state index in [0.717, 1.165) is 0 Å². The van der Waals surface area contributed by atoms with Gasteiger partial charge < -0.3 is 4.42 Å². The summed E-state index contributed by atoms with van der Waals surface area (Å²) < 4.78 is 5.24. The number of carbonyl (C=O) groups is 2. The Morgan fingerprint density at radius 1 is 1.15 bits per heavy atom. The first-order chi connectivity index (χ1) is 12.5. The van der Waals surface area contributed by atoms with E-state index >= 15 is 0 Å². The topological polar surface area (TPSA) is 79.6 Å². The summed E-state index contributed by atoms with van der Waals surface area (Å²) in [7, 11) is 0. The highest BCUT2D eigenvalue weighted by atomic mass is 32.1. The summed E-state index contributed by atoms with van der Waals surface area (Å²) in [6.45, 7) is 3.71. The SMILES string of the molecule is C=CCN1C(=O)C(=Cc2cocc(-c3ccccc3)c2=O)C(=O)NC1=S. The molecule has 0 aliphatic carbocycles. The van der Waals surface area contributed by atoms with Crippen molar-refractivity contribution in [2.24, 2.45) is 0 Å². The number of hydrogen-bond donors (Lipinski definition) is 1. The Morgan fingerprint density at radius 2 is 1.88 bits per heavy atom. The summed E-state index contributed by atoms with van der Waals surface area (Å²) in [6, 6.07) is 8.97. The maximum absolute atomic E-state index is 12.7. The van der Waals surface area contributed by atoms with E-state index in [0.29, 0.717) is 11.1 Å². The van der Waals surface area contributed by atoms with Crippen LogP contribution in [0.3, 0.4) is 0 Å². The van der Waals surface area contributed by atoms with Crippen LogP contribution in [0.4, 0.5) is 0 Å². The highest BCUT2D eigenvalue weighted by Crippen LogP contribution is 2.18. The molecular weight excluding hydrogens is 352 g/mol. The van der Waals surface area contributed by atoms with Crippen molar-refractivity contribution in [1.82, 2.24) is 10.2 Å². The molecule has 1 aromatic carbocycles. The van der Waals surface area contributed by atoms with E-state index in [1.807, 2.05) is 6.07 Å². The molecule has 0 bridgehead atoms. The summed E-state index contributed by atoms with van der Waals surface area (Å²) in [5.41, 5.74) is 0.561. The molecule has 1 aliphatic heterocycles. The van der Waals surface area contributed by atoms with Crippen LogP contribution in [0.1, 0.15) is 5.56 Å². The van der Waals surface area contributed by atoms with Crippen molar-refractivity contribution >= 4 is 35.2 Å². The van der Waals surface area contributed by atoms with Crippen LogP contribution >= 0.6 is 12.2 Å². The molecule has 26 heavy (non-hydrogen) atoms. The smallest absolute Gasteiger partial charge is 0.265 e. The third kappa shape index (κ3) is 3.25. The number of benzene rings is 1. The average Bonchev–Trinajstić information content (AvgIpc) is 2.64. The van der Waals surface area contributed by atoms with Crippen molar-refractivity contribution in [3.63, 3.8) is 0 Å². The molecule has 130 valence electrons. The van der Waals surface area contributed by atoms with Gasteiger partial charge in [0.15, 0.2) is 10.5 Å². The maximum Gasteiger partial charge on any atom is 0.265 e. The van der Waals surface area contributed by atoms with Crippen LogP contribution < -0.4 is 10.7 Å². The Morgan fingerprint density at radius 3 is 2.58 bits per heavy atom. The minimum atomic E-state index is -0.662. The van der Waals surface area contributed by atoms with Crippen molar-refractivity contribution in [3.05, 3.63) is 76.9 Å². The number of nitrogens with zero attached hydrogens (tertiary/aromatic N) is 1. The van der Waals surface area contributed by atoms with Crippen LogP contribution in [0.2, 0.25) is 0 Å². The number of carbonyl (C=O) groups excluding carboxylic acids is 2. The van der Waals surface area contributed by atoms with E-state index in [9.17, 15) is 14.4 Å². The molecule has 0 unspecified atom stereocenters. The molecule has 1 fully saturated rings. The van der Waals surface area contributed by atoms with Gasteiger partial charge in [0.05, 0.1) is 11.1 Å². The molecule has 0 saturated carbocycles. The second-order valence-corrected chi connectivity index (χ2v) is 5.84. The van der Waals surface area contributed by atoms with Gasteiger partial charge in [-0.2, -0.15) is 0 Å². The van der Waals surface area contributed by atoms with Crippen molar-refractivity contribution < 1.29 is 14.0 Å². The first-order valence-electron chi connectivity index (χ1n) is 7.68. The van der Waals surface area contributed by atoms with E-state index < -0.39 is 11.8 Å². The van der Waals surface area contributed by atoms with Gasteiger partial charge in [0.1, 0.15) is 18.1 Å². The largest absolute Gasteiger partial charge is 0.471 e. The highest BCUT2D eigenvalue weighted by molar-refractivity contribution is 7.80. The minimum Gasteiger partial charge on any atom is -0.471 e. The molecule has 1 aromatic heterocycles. The molecular formula is C19H14N2O4S. The van der Waals surface area contributed by atoms with Gasteiger partial charge in [0.2, 0.25) is 0 Å². The fraction of sp³-hybridized carbons (Fsp3) is 0.0526. The minimum absolute atomic E-state index is 0.00196. The number of nitrogens with one attached hydrogen (secondary N) is 1. The van der Waals surface area contributed by atoms with E-state index in [2.05, 4.69) is 11.9 Å². The second kappa shape index (κ2) is 7.28. The van der Waals surface area contributed by atoms with Crippen LogP contribution in [0.5, 0.6) is 0 Å². The van der Waals surface area contributed by atoms with Crippen LogP contribution in [-0.2, 0) is 9.59 Å². The van der Waals surface area contributed by atoms with Gasteiger partial charge >= 0.3 is 0 Å². The van der Waals surface area contributed by atoms with Crippen molar-refractivity contribution in [2.45, 2.75) is 0 Å². The number of thiocarbonyl (C=S) groups is 1. The molecule has 1 saturated heterocycles. The normalized spacial score (nSPS) is 15.9. The van der Waals surface area contributed by atoms with Gasteiger partial charge in [0, 0.05) is 6.54 Å². The summed E-state index contributed by atoms with van der Waals surface area (Å²) in [4.78, 5) is 38.6.